The molecule has 0 saturated heterocycles. The van der Waals surface area contributed by atoms with Crippen LogP contribution in [0.3, 0.4) is 0 Å². The highest BCUT2D eigenvalue weighted by atomic mass is 19.1. The van der Waals surface area contributed by atoms with Crippen LogP contribution in [0.4, 0.5) is 4.39 Å². The molecule has 0 N–H and O–H groups in total. The second-order valence-electron chi connectivity index (χ2n) is 5.22. The summed E-state index contributed by atoms with van der Waals surface area (Å²) in [5.41, 5.74) is 2.36. The number of aryl methyl sites for hydroxylation is 1. The molecule has 0 amide bonds. The van der Waals surface area contributed by atoms with Crippen LogP contribution in [0.2, 0.25) is 0 Å². The molecule has 0 atom stereocenters. The van der Waals surface area contributed by atoms with Crippen molar-refractivity contribution in [1.29, 1.82) is 0 Å². The van der Waals surface area contributed by atoms with Gasteiger partial charge < -0.3 is 4.74 Å². The van der Waals surface area contributed by atoms with Gasteiger partial charge in [-0.15, -0.1) is 0 Å². The SMILES string of the molecule is CCCCc1ccc(C=NN=Cc2ccc(OC)cc2)c(F)c1. The minimum Gasteiger partial charge on any atom is -0.497 e. The van der Waals surface area contributed by atoms with E-state index < -0.39 is 0 Å². The van der Waals surface area contributed by atoms with Crippen molar-refractivity contribution in [2.24, 2.45) is 10.2 Å². The van der Waals surface area contributed by atoms with Crippen LogP contribution < -0.4 is 4.74 Å². The van der Waals surface area contributed by atoms with Gasteiger partial charge in [-0.05, 0) is 54.3 Å². The Morgan fingerprint density at radius 2 is 1.78 bits per heavy atom. The smallest absolute Gasteiger partial charge is 0.132 e. The molecule has 0 spiro atoms. The fourth-order valence-electron chi connectivity index (χ4n) is 2.10. The number of hydrogen-bond donors (Lipinski definition) is 0. The molecule has 0 unspecified atom stereocenters. The normalized spacial score (nSPS) is 11.4. The Morgan fingerprint density at radius 1 is 1.04 bits per heavy atom. The van der Waals surface area contributed by atoms with Crippen LogP contribution in [0.15, 0.2) is 52.7 Å². The molecule has 0 saturated carbocycles. The quantitative estimate of drug-likeness (QED) is 0.542. The van der Waals surface area contributed by atoms with E-state index in [0.717, 1.165) is 36.1 Å². The van der Waals surface area contributed by atoms with E-state index in [0.29, 0.717) is 5.56 Å². The Morgan fingerprint density at radius 3 is 2.43 bits per heavy atom. The van der Waals surface area contributed by atoms with Gasteiger partial charge in [0, 0.05) is 5.56 Å². The van der Waals surface area contributed by atoms with Crippen LogP contribution >= 0.6 is 0 Å². The lowest BCUT2D eigenvalue weighted by Gasteiger charge is -2.01. The van der Waals surface area contributed by atoms with Gasteiger partial charge in [0.15, 0.2) is 0 Å². The predicted octanol–water partition coefficient (Wildman–Crippen LogP) is 4.63. The molecule has 3 nitrogen and oxygen atoms in total. The molecule has 0 radical (unpaired) electrons. The molecule has 0 heterocycles. The number of rotatable bonds is 7. The van der Waals surface area contributed by atoms with E-state index in [9.17, 15) is 4.39 Å². The molecule has 120 valence electrons. The van der Waals surface area contributed by atoms with Gasteiger partial charge in [0.1, 0.15) is 11.6 Å². The van der Waals surface area contributed by atoms with Gasteiger partial charge in [0.25, 0.3) is 0 Å². The van der Waals surface area contributed by atoms with Gasteiger partial charge in [0.2, 0.25) is 0 Å². The second-order valence-corrected chi connectivity index (χ2v) is 5.22. The molecule has 2 aromatic carbocycles. The number of unbranched alkanes of at least 4 members (excludes halogenated alkanes) is 1. The Labute approximate surface area is 136 Å². The second kappa shape index (κ2) is 8.83. The molecule has 0 aliphatic carbocycles. The summed E-state index contributed by atoms with van der Waals surface area (Å²) in [4.78, 5) is 0. The van der Waals surface area contributed by atoms with Crippen molar-refractivity contribution in [1.82, 2.24) is 0 Å². The van der Waals surface area contributed by atoms with Gasteiger partial charge in [-0.25, -0.2) is 4.39 Å². The Kier molecular flexibility index (Phi) is 6.48. The number of methoxy groups -OCH3 is 1. The van der Waals surface area contributed by atoms with Crippen molar-refractivity contribution in [3.8, 4) is 5.75 Å². The number of ether oxygens (including phenoxy) is 1. The Bertz CT molecular complexity index is 678. The average molecular weight is 312 g/mol. The van der Waals surface area contributed by atoms with E-state index in [1.807, 2.05) is 30.3 Å². The number of halogens is 1. The first-order chi connectivity index (χ1) is 11.2. The molecule has 23 heavy (non-hydrogen) atoms. The zero-order valence-electron chi connectivity index (χ0n) is 13.5. The van der Waals surface area contributed by atoms with Crippen molar-refractivity contribution < 1.29 is 9.13 Å². The van der Waals surface area contributed by atoms with Gasteiger partial charge in [0.05, 0.1) is 19.5 Å². The average Bonchev–Trinajstić information content (AvgIpc) is 2.58. The van der Waals surface area contributed by atoms with Crippen LogP contribution in [0.25, 0.3) is 0 Å². The largest absolute Gasteiger partial charge is 0.497 e. The molecule has 0 fully saturated rings. The van der Waals surface area contributed by atoms with E-state index >= 15 is 0 Å². The van der Waals surface area contributed by atoms with Crippen molar-refractivity contribution >= 4 is 12.4 Å². The van der Waals surface area contributed by atoms with Crippen molar-refractivity contribution in [3.63, 3.8) is 0 Å². The number of benzene rings is 2. The van der Waals surface area contributed by atoms with Crippen LogP contribution in [0.5, 0.6) is 5.75 Å². The summed E-state index contributed by atoms with van der Waals surface area (Å²) >= 11 is 0. The molecular formula is C19H21FN2O. The zero-order valence-corrected chi connectivity index (χ0v) is 13.5. The standard InChI is InChI=1S/C19H21FN2O/c1-3-4-5-15-6-9-17(19(20)12-15)14-22-21-13-16-7-10-18(23-2)11-8-16/h6-14H,3-5H2,1-2H3. The van der Waals surface area contributed by atoms with E-state index in [-0.39, 0.29) is 5.82 Å². The van der Waals surface area contributed by atoms with E-state index in [1.54, 1.807) is 25.5 Å². The van der Waals surface area contributed by atoms with Crippen LogP contribution in [-0.2, 0) is 6.42 Å². The topological polar surface area (TPSA) is 34.0 Å². The molecular weight excluding hydrogens is 291 g/mol. The molecule has 0 aliphatic heterocycles. The highest BCUT2D eigenvalue weighted by Crippen LogP contribution is 2.12. The van der Waals surface area contributed by atoms with Crippen molar-refractivity contribution in [2.45, 2.75) is 26.2 Å². The lowest BCUT2D eigenvalue weighted by molar-refractivity contribution is 0.415. The van der Waals surface area contributed by atoms with E-state index in [2.05, 4.69) is 17.1 Å². The third-order valence-electron chi connectivity index (χ3n) is 3.47. The predicted molar refractivity (Wildman–Crippen MR) is 93.2 cm³/mol. The molecule has 2 aromatic rings. The minimum absolute atomic E-state index is 0.262. The summed E-state index contributed by atoms with van der Waals surface area (Å²) in [5.74, 6) is 0.526. The maximum absolute atomic E-state index is 14.0. The maximum atomic E-state index is 14.0. The van der Waals surface area contributed by atoms with E-state index in [1.165, 1.54) is 6.21 Å². The van der Waals surface area contributed by atoms with Gasteiger partial charge in [-0.1, -0.05) is 25.5 Å². The first-order valence-electron chi connectivity index (χ1n) is 7.72. The Hall–Kier alpha value is -2.49. The molecule has 4 heteroatoms. The minimum atomic E-state index is -0.262. The summed E-state index contributed by atoms with van der Waals surface area (Å²) in [5, 5.41) is 7.85. The number of hydrogen-bond acceptors (Lipinski definition) is 3. The fourth-order valence-corrected chi connectivity index (χ4v) is 2.10. The molecule has 0 aromatic heterocycles. The molecule has 2 rings (SSSR count). The highest BCUT2D eigenvalue weighted by molar-refractivity contribution is 5.83. The first-order valence-corrected chi connectivity index (χ1v) is 7.72. The zero-order chi connectivity index (χ0) is 16.5. The monoisotopic (exact) mass is 312 g/mol. The highest BCUT2D eigenvalue weighted by Gasteiger charge is 2.01. The number of nitrogens with zero attached hydrogens (tertiary/aromatic N) is 2. The van der Waals surface area contributed by atoms with Crippen LogP contribution in [-0.4, -0.2) is 19.5 Å². The third-order valence-corrected chi connectivity index (χ3v) is 3.47. The molecule has 0 aliphatic rings. The lowest BCUT2D eigenvalue weighted by Crippen LogP contribution is -1.92. The van der Waals surface area contributed by atoms with Gasteiger partial charge >= 0.3 is 0 Å². The fraction of sp³-hybridized carbons (Fsp3) is 0.263. The summed E-state index contributed by atoms with van der Waals surface area (Å²) in [6.07, 6.45) is 6.12. The summed E-state index contributed by atoms with van der Waals surface area (Å²) in [6, 6.07) is 12.7. The first kappa shape index (κ1) is 16.9. The maximum Gasteiger partial charge on any atom is 0.132 e. The van der Waals surface area contributed by atoms with Gasteiger partial charge in [-0.3, -0.25) is 0 Å². The van der Waals surface area contributed by atoms with Crippen LogP contribution in [0, 0.1) is 5.82 Å². The van der Waals surface area contributed by atoms with E-state index in [4.69, 9.17) is 4.74 Å². The van der Waals surface area contributed by atoms with Gasteiger partial charge in [-0.2, -0.15) is 10.2 Å². The summed E-state index contributed by atoms with van der Waals surface area (Å²) in [6.45, 7) is 2.12. The Balaban J connectivity index is 1.97. The summed E-state index contributed by atoms with van der Waals surface area (Å²) in [7, 11) is 1.62. The van der Waals surface area contributed by atoms with Crippen molar-refractivity contribution in [2.75, 3.05) is 7.11 Å². The van der Waals surface area contributed by atoms with Crippen molar-refractivity contribution in [3.05, 3.63) is 65.0 Å². The molecule has 0 bridgehead atoms. The van der Waals surface area contributed by atoms with Crippen LogP contribution in [0.1, 0.15) is 36.5 Å². The summed E-state index contributed by atoms with van der Waals surface area (Å²) < 4.78 is 19.0. The lowest BCUT2D eigenvalue weighted by atomic mass is 10.1. The third kappa shape index (κ3) is 5.33.